The van der Waals surface area contributed by atoms with Gasteiger partial charge in [0.05, 0.1) is 23.9 Å². The fourth-order valence-electron chi connectivity index (χ4n) is 4.38. The van der Waals surface area contributed by atoms with Crippen LogP contribution in [0.15, 0.2) is 18.2 Å². The van der Waals surface area contributed by atoms with Crippen LogP contribution >= 0.6 is 0 Å². The van der Waals surface area contributed by atoms with Crippen LogP contribution in [0, 0.1) is 23.5 Å². The van der Waals surface area contributed by atoms with Gasteiger partial charge in [-0.15, -0.1) is 0 Å². The lowest BCUT2D eigenvalue weighted by Gasteiger charge is -2.38. The molecule has 3 rings (SSSR count). The summed E-state index contributed by atoms with van der Waals surface area (Å²) in [6.07, 6.45) is 1.82. The third-order valence-corrected chi connectivity index (χ3v) is 5.71. The second-order valence-electron chi connectivity index (χ2n) is 7.24. The molecule has 0 aromatic heterocycles. The van der Waals surface area contributed by atoms with Gasteiger partial charge in [-0.05, 0) is 37.8 Å². The number of hydrogen-bond acceptors (Lipinski definition) is 2. The Bertz CT molecular complexity index is 554. The van der Waals surface area contributed by atoms with Crippen molar-refractivity contribution in [1.29, 1.82) is 0 Å². The zero-order chi connectivity index (χ0) is 16.1. The van der Waals surface area contributed by atoms with Crippen molar-refractivity contribution in [2.45, 2.75) is 64.4 Å². The second-order valence-corrected chi connectivity index (χ2v) is 7.24. The summed E-state index contributed by atoms with van der Waals surface area (Å²) in [5.74, 6) is -0.509. The molecule has 1 aromatic carbocycles. The molecule has 2 heterocycles. The Morgan fingerprint density at radius 3 is 2.45 bits per heavy atom. The smallest absolute Gasteiger partial charge is 0.131 e. The van der Waals surface area contributed by atoms with Crippen LogP contribution in [0.1, 0.15) is 46.1 Å². The average molecular weight is 310 g/mol. The summed E-state index contributed by atoms with van der Waals surface area (Å²) >= 11 is 0. The Kier molecular flexibility index (Phi) is 3.81. The van der Waals surface area contributed by atoms with Gasteiger partial charge in [-0.2, -0.15) is 0 Å². The van der Waals surface area contributed by atoms with Crippen LogP contribution in [0.2, 0.25) is 0 Å². The van der Waals surface area contributed by atoms with Crippen molar-refractivity contribution in [2.75, 3.05) is 0 Å². The summed E-state index contributed by atoms with van der Waals surface area (Å²) in [6, 6.07) is 3.89. The topological polar surface area (TPSA) is 18.5 Å². The van der Waals surface area contributed by atoms with E-state index in [0.29, 0.717) is 5.92 Å². The fourth-order valence-corrected chi connectivity index (χ4v) is 4.38. The zero-order valence-corrected chi connectivity index (χ0v) is 13.7. The summed E-state index contributed by atoms with van der Waals surface area (Å²) in [4.78, 5) is 0. The van der Waals surface area contributed by atoms with E-state index >= 15 is 0 Å². The molecule has 1 unspecified atom stereocenters. The number of ether oxygens (including phenoxy) is 2. The minimum atomic E-state index is -0.555. The van der Waals surface area contributed by atoms with E-state index in [1.54, 1.807) is 0 Å². The van der Waals surface area contributed by atoms with Crippen LogP contribution < -0.4 is 0 Å². The first-order chi connectivity index (χ1) is 10.3. The number of halogens is 2. The summed E-state index contributed by atoms with van der Waals surface area (Å²) in [5, 5.41) is 0. The zero-order valence-electron chi connectivity index (χ0n) is 13.7. The first kappa shape index (κ1) is 15.9. The average Bonchev–Trinajstić information content (AvgIpc) is 2.90. The van der Waals surface area contributed by atoms with Gasteiger partial charge in [-0.3, -0.25) is 0 Å². The molecular formula is C18H24F2O2. The first-order valence-corrected chi connectivity index (χ1v) is 8.05. The van der Waals surface area contributed by atoms with E-state index in [2.05, 4.69) is 27.7 Å². The van der Waals surface area contributed by atoms with Crippen LogP contribution in [0.5, 0.6) is 0 Å². The van der Waals surface area contributed by atoms with E-state index in [4.69, 9.17) is 9.47 Å². The molecule has 0 spiro atoms. The van der Waals surface area contributed by atoms with Gasteiger partial charge in [0.25, 0.3) is 0 Å². The predicted molar refractivity (Wildman–Crippen MR) is 80.4 cm³/mol. The normalized spacial score (nSPS) is 37.2. The molecule has 4 atom stereocenters. The predicted octanol–water partition coefficient (Wildman–Crippen LogP) is 4.46. The number of benzene rings is 1. The van der Waals surface area contributed by atoms with Crippen molar-refractivity contribution in [3.05, 3.63) is 35.4 Å². The highest BCUT2D eigenvalue weighted by atomic mass is 19.1. The Balaban J connectivity index is 1.79. The van der Waals surface area contributed by atoms with Crippen LogP contribution in [0.3, 0.4) is 0 Å². The molecule has 2 bridgehead atoms. The molecule has 122 valence electrons. The molecule has 2 aliphatic heterocycles. The Hall–Kier alpha value is -1.00. The van der Waals surface area contributed by atoms with E-state index in [1.165, 1.54) is 18.2 Å². The molecule has 2 nitrogen and oxygen atoms in total. The molecule has 0 radical (unpaired) electrons. The lowest BCUT2D eigenvalue weighted by atomic mass is 9.69. The van der Waals surface area contributed by atoms with Gasteiger partial charge in [-0.25, -0.2) is 8.78 Å². The first-order valence-electron chi connectivity index (χ1n) is 8.05. The van der Waals surface area contributed by atoms with Crippen molar-refractivity contribution in [3.8, 4) is 0 Å². The largest absolute Gasteiger partial charge is 0.370 e. The lowest BCUT2D eigenvalue weighted by molar-refractivity contribution is -0.0965. The summed E-state index contributed by atoms with van der Waals surface area (Å²) < 4.78 is 39.9. The van der Waals surface area contributed by atoms with Gasteiger partial charge >= 0.3 is 0 Å². The van der Waals surface area contributed by atoms with Gasteiger partial charge in [0.15, 0.2) is 0 Å². The third-order valence-electron chi connectivity index (χ3n) is 5.71. The molecule has 2 aliphatic rings. The molecule has 0 amide bonds. The number of hydrogen-bond donors (Lipinski definition) is 0. The SMILES string of the molecule is CC(C)[C@]12CC[C@](C)(O1)[C@H](OCc1c(F)cccc1F)C2C. The fraction of sp³-hybridized carbons (Fsp3) is 0.667. The third kappa shape index (κ3) is 2.19. The summed E-state index contributed by atoms with van der Waals surface area (Å²) in [6.45, 7) is 8.47. The monoisotopic (exact) mass is 310 g/mol. The van der Waals surface area contributed by atoms with Crippen molar-refractivity contribution < 1.29 is 18.3 Å². The van der Waals surface area contributed by atoms with Gasteiger partial charge in [0.1, 0.15) is 11.6 Å². The van der Waals surface area contributed by atoms with Crippen molar-refractivity contribution in [2.24, 2.45) is 11.8 Å². The molecule has 0 saturated carbocycles. The van der Waals surface area contributed by atoms with Crippen LogP contribution in [-0.2, 0) is 16.1 Å². The van der Waals surface area contributed by atoms with E-state index in [1.807, 2.05) is 0 Å². The molecule has 0 N–H and O–H groups in total. The van der Waals surface area contributed by atoms with E-state index < -0.39 is 11.6 Å². The van der Waals surface area contributed by atoms with Gasteiger partial charge < -0.3 is 9.47 Å². The minimum Gasteiger partial charge on any atom is -0.370 e. The summed E-state index contributed by atoms with van der Waals surface area (Å²) in [7, 11) is 0. The highest BCUT2D eigenvalue weighted by Gasteiger charge is 2.65. The lowest BCUT2D eigenvalue weighted by Crippen LogP contribution is -2.46. The van der Waals surface area contributed by atoms with E-state index in [-0.39, 0.29) is 35.4 Å². The molecule has 0 aliphatic carbocycles. The minimum absolute atomic E-state index is 0.000305. The molecule has 1 aromatic rings. The van der Waals surface area contributed by atoms with Crippen LogP contribution in [0.25, 0.3) is 0 Å². The maximum atomic E-state index is 13.8. The quantitative estimate of drug-likeness (QED) is 0.817. The maximum Gasteiger partial charge on any atom is 0.131 e. The van der Waals surface area contributed by atoms with Crippen LogP contribution in [-0.4, -0.2) is 17.3 Å². The van der Waals surface area contributed by atoms with Gasteiger partial charge in [-0.1, -0.05) is 26.8 Å². The summed E-state index contributed by atoms with van der Waals surface area (Å²) in [5.41, 5.74) is -0.529. The van der Waals surface area contributed by atoms with Crippen molar-refractivity contribution in [3.63, 3.8) is 0 Å². The maximum absolute atomic E-state index is 13.8. The van der Waals surface area contributed by atoms with Crippen LogP contribution in [0.4, 0.5) is 8.78 Å². The van der Waals surface area contributed by atoms with Crippen molar-refractivity contribution in [1.82, 2.24) is 0 Å². The Morgan fingerprint density at radius 1 is 1.27 bits per heavy atom. The highest BCUT2D eigenvalue weighted by molar-refractivity contribution is 5.19. The Morgan fingerprint density at radius 2 is 1.91 bits per heavy atom. The van der Waals surface area contributed by atoms with Crippen molar-refractivity contribution >= 4 is 0 Å². The number of rotatable bonds is 4. The highest BCUT2D eigenvalue weighted by Crippen LogP contribution is 2.58. The van der Waals surface area contributed by atoms with Gasteiger partial charge in [0.2, 0.25) is 0 Å². The van der Waals surface area contributed by atoms with E-state index in [0.717, 1.165) is 12.8 Å². The molecule has 4 heteroatoms. The second kappa shape index (κ2) is 5.27. The van der Waals surface area contributed by atoms with E-state index in [9.17, 15) is 8.78 Å². The molecule has 2 saturated heterocycles. The molecule has 2 fully saturated rings. The van der Waals surface area contributed by atoms with Gasteiger partial charge in [0, 0.05) is 11.5 Å². The molecule has 22 heavy (non-hydrogen) atoms. The number of fused-ring (bicyclic) bond motifs is 2. The Labute approximate surface area is 130 Å². The standard InChI is InChI=1S/C18H24F2O2/c1-11(2)18-9-8-17(4,22-18)16(12(18)3)21-10-13-14(19)6-5-7-15(13)20/h5-7,11-12,16H,8-10H2,1-4H3/t12?,16-,17+,18+/m1/s1. The molecular weight excluding hydrogens is 286 g/mol.